The van der Waals surface area contributed by atoms with Gasteiger partial charge in [0.2, 0.25) is 0 Å². The van der Waals surface area contributed by atoms with Gasteiger partial charge >= 0.3 is 0 Å². The van der Waals surface area contributed by atoms with E-state index in [1.807, 2.05) is 0 Å². The van der Waals surface area contributed by atoms with Crippen molar-refractivity contribution in [1.29, 1.82) is 0 Å². The van der Waals surface area contributed by atoms with E-state index in [1.165, 1.54) is 12.1 Å². The summed E-state index contributed by atoms with van der Waals surface area (Å²) in [5.74, 6) is -1.92. The molecule has 1 saturated carbocycles. The van der Waals surface area contributed by atoms with Crippen LogP contribution in [-0.4, -0.2) is 22.1 Å². The first-order chi connectivity index (χ1) is 10.1. The van der Waals surface area contributed by atoms with Gasteiger partial charge in [-0.3, -0.25) is 4.79 Å². The second kappa shape index (κ2) is 5.43. The van der Waals surface area contributed by atoms with Crippen LogP contribution in [0.3, 0.4) is 0 Å². The summed E-state index contributed by atoms with van der Waals surface area (Å²) in [6.07, 6.45) is 2.22. The van der Waals surface area contributed by atoms with Gasteiger partial charge in [0, 0.05) is 17.8 Å². The van der Waals surface area contributed by atoms with Crippen molar-refractivity contribution in [1.82, 2.24) is 10.2 Å². The van der Waals surface area contributed by atoms with Gasteiger partial charge in [0.1, 0.15) is 5.82 Å². The SMILES string of the molecule is O=C(Nc1ccc(F)c(F)c1)c1ccc(NC2CC2)nn1. The summed E-state index contributed by atoms with van der Waals surface area (Å²) in [6.45, 7) is 0. The molecule has 108 valence electrons. The highest BCUT2D eigenvalue weighted by Crippen LogP contribution is 2.23. The third-order valence-electron chi connectivity index (χ3n) is 3.00. The molecular formula is C14H12F2N4O. The Morgan fingerprint density at radius 3 is 2.52 bits per heavy atom. The Bertz CT molecular complexity index is 671. The zero-order chi connectivity index (χ0) is 14.8. The molecule has 0 radical (unpaired) electrons. The predicted molar refractivity (Wildman–Crippen MR) is 73.0 cm³/mol. The Morgan fingerprint density at radius 1 is 1.10 bits per heavy atom. The number of hydrogen-bond acceptors (Lipinski definition) is 4. The Labute approximate surface area is 119 Å². The summed E-state index contributed by atoms with van der Waals surface area (Å²) in [7, 11) is 0. The molecular weight excluding hydrogens is 278 g/mol. The standard InChI is InChI=1S/C14H12F2N4O/c15-10-4-3-9(7-11(10)16)18-14(21)12-5-6-13(20-19-12)17-8-1-2-8/h3-8H,1-2H2,(H,17,20)(H,18,21). The van der Waals surface area contributed by atoms with Gasteiger partial charge in [0.15, 0.2) is 17.3 Å². The van der Waals surface area contributed by atoms with Crippen LogP contribution in [0.15, 0.2) is 30.3 Å². The number of amides is 1. The third kappa shape index (κ3) is 3.31. The van der Waals surface area contributed by atoms with E-state index in [0.717, 1.165) is 25.0 Å². The highest BCUT2D eigenvalue weighted by atomic mass is 19.2. The molecule has 3 rings (SSSR count). The number of carbonyl (C=O) groups is 1. The summed E-state index contributed by atoms with van der Waals surface area (Å²) >= 11 is 0. The average molecular weight is 290 g/mol. The molecule has 2 aromatic rings. The van der Waals surface area contributed by atoms with Crippen molar-refractivity contribution in [3.63, 3.8) is 0 Å². The van der Waals surface area contributed by atoms with Crippen molar-refractivity contribution in [2.45, 2.75) is 18.9 Å². The highest BCUT2D eigenvalue weighted by Gasteiger charge is 2.21. The van der Waals surface area contributed by atoms with E-state index >= 15 is 0 Å². The van der Waals surface area contributed by atoms with Gasteiger partial charge in [-0.1, -0.05) is 0 Å². The molecule has 1 amide bonds. The first-order valence-electron chi connectivity index (χ1n) is 6.48. The number of nitrogens with zero attached hydrogens (tertiary/aromatic N) is 2. The van der Waals surface area contributed by atoms with Crippen molar-refractivity contribution in [2.75, 3.05) is 10.6 Å². The van der Waals surface area contributed by atoms with E-state index in [-0.39, 0.29) is 11.4 Å². The molecule has 21 heavy (non-hydrogen) atoms. The molecule has 1 aromatic carbocycles. The Morgan fingerprint density at radius 2 is 1.90 bits per heavy atom. The lowest BCUT2D eigenvalue weighted by Crippen LogP contribution is -2.15. The van der Waals surface area contributed by atoms with Gasteiger partial charge in [-0.2, -0.15) is 0 Å². The molecule has 7 heteroatoms. The molecule has 0 atom stereocenters. The number of hydrogen-bond donors (Lipinski definition) is 2. The second-order valence-corrected chi connectivity index (χ2v) is 4.81. The fraction of sp³-hybridized carbons (Fsp3) is 0.214. The number of aromatic nitrogens is 2. The summed E-state index contributed by atoms with van der Waals surface area (Å²) in [4.78, 5) is 11.9. The van der Waals surface area contributed by atoms with E-state index < -0.39 is 17.5 Å². The van der Waals surface area contributed by atoms with Crippen LogP contribution >= 0.6 is 0 Å². The van der Waals surface area contributed by atoms with Crippen LogP contribution in [0.25, 0.3) is 0 Å². The number of carbonyl (C=O) groups excluding carboxylic acids is 1. The van der Waals surface area contributed by atoms with Crippen molar-refractivity contribution in [2.24, 2.45) is 0 Å². The monoisotopic (exact) mass is 290 g/mol. The summed E-state index contributed by atoms with van der Waals surface area (Å²) in [5, 5.41) is 13.3. The lowest BCUT2D eigenvalue weighted by atomic mass is 10.3. The molecule has 0 bridgehead atoms. The predicted octanol–water partition coefficient (Wildman–Crippen LogP) is 2.58. The molecule has 5 nitrogen and oxygen atoms in total. The lowest BCUT2D eigenvalue weighted by molar-refractivity contribution is 0.102. The molecule has 1 aliphatic rings. The van der Waals surface area contributed by atoms with Crippen LogP contribution in [-0.2, 0) is 0 Å². The molecule has 2 N–H and O–H groups in total. The molecule has 0 saturated heterocycles. The fourth-order valence-corrected chi connectivity index (χ4v) is 1.74. The van der Waals surface area contributed by atoms with Crippen molar-refractivity contribution in [3.8, 4) is 0 Å². The number of anilines is 2. The summed E-state index contributed by atoms with van der Waals surface area (Å²) in [5.41, 5.74) is 0.252. The van der Waals surface area contributed by atoms with E-state index in [4.69, 9.17) is 0 Å². The van der Waals surface area contributed by atoms with Crippen LogP contribution in [0, 0.1) is 11.6 Å². The minimum absolute atomic E-state index is 0.0982. The molecule has 1 heterocycles. The lowest BCUT2D eigenvalue weighted by Gasteiger charge is -2.06. The molecule has 0 aliphatic heterocycles. The van der Waals surface area contributed by atoms with Crippen LogP contribution in [0.2, 0.25) is 0 Å². The van der Waals surface area contributed by atoms with Gasteiger partial charge in [0.25, 0.3) is 5.91 Å². The quantitative estimate of drug-likeness (QED) is 0.908. The molecule has 0 spiro atoms. The minimum atomic E-state index is -1.03. The van der Waals surface area contributed by atoms with E-state index in [0.29, 0.717) is 11.9 Å². The first-order valence-corrected chi connectivity index (χ1v) is 6.48. The smallest absolute Gasteiger partial charge is 0.276 e. The number of rotatable bonds is 4. The maximum absolute atomic E-state index is 13.0. The second-order valence-electron chi connectivity index (χ2n) is 4.81. The van der Waals surface area contributed by atoms with Gasteiger partial charge in [0.05, 0.1) is 0 Å². The van der Waals surface area contributed by atoms with E-state index in [1.54, 1.807) is 6.07 Å². The first kappa shape index (κ1) is 13.4. The molecule has 1 fully saturated rings. The fourth-order valence-electron chi connectivity index (χ4n) is 1.74. The van der Waals surface area contributed by atoms with Crippen LogP contribution in [0.1, 0.15) is 23.3 Å². The van der Waals surface area contributed by atoms with Gasteiger partial charge in [-0.15, -0.1) is 10.2 Å². The zero-order valence-electron chi connectivity index (χ0n) is 10.9. The van der Waals surface area contributed by atoms with Crippen molar-refractivity contribution < 1.29 is 13.6 Å². The Hall–Kier alpha value is -2.57. The topological polar surface area (TPSA) is 66.9 Å². The van der Waals surface area contributed by atoms with Gasteiger partial charge < -0.3 is 10.6 Å². The highest BCUT2D eigenvalue weighted by molar-refractivity contribution is 6.02. The van der Waals surface area contributed by atoms with Gasteiger partial charge in [-0.25, -0.2) is 8.78 Å². The van der Waals surface area contributed by atoms with Crippen LogP contribution in [0.5, 0.6) is 0 Å². The maximum atomic E-state index is 13.0. The normalized spacial score (nSPS) is 13.8. The molecule has 1 aromatic heterocycles. The van der Waals surface area contributed by atoms with Crippen molar-refractivity contribution >= 4 is 17.4 Å². The van der Waals surface area contributed by atoms with Gasteiger partial charge in [-0.05, 0) is 37.1 Å². The summed E-state index contributed by atoms with van der Waals surface area (Å²) < 4.78 is 25.8. The number of nitrogens with one attached hydrogen (secondary N) is 2. The Balaban J connectivity index is 1.67. The zero-order valence-corrected chi connectivity index (χ0v) is 10.9. The van der Waals surface area contributed by atoms with E-state index in [9.17, 15) is 13.6 Å². The number of halogens is 2. The average Bonchev–Trinajstić information content (AvgIpc) is 3.28. The summed E-state index contributed by atoms with van der Waals surface area (Å²) in [6, 6.07) is 6.75. The largest absolute Gasteiger partial charge is 0.366 e. The van der Waals surface area contributed by atoms with Crippen molar-refractivity contribution in [3.05, 3.63) is 47.7 Å². The van der Waals surface area contributed by atoms with Crippen LogP contribution in [0.4, 0.5) is 20.3 Å². The number of benzene rings is 1. The third-order valence-corrected chi connectivity index (χ3v) is 3.00. The van der Waals surface area contributed by atoms with E-state index in [2.05, 4.69) is 20.8 Å². The molecule has 0 unspecified atom stereocenters. The molecule has 1 aliphatic carbocycles. The Kier molecular flexibility index (Phi) is 3.47. The maximum Gasteiger partial charge on any atom is 0.276 e. The van der Waals surface area contributed by atoms with Crippen LogP contribution < -0.4 is 10.6 Å². The minimum Gasteiger partial charge on any atom is -0.366 e.